The molecule has 0 saturated carbocycles. The fourth-order valence-electron chi connectivity index (χ4n) is 3.03. The van der Waals surface area contributed by atoms with E-state index in [-0.39, 0.29) is 0 Å². The molecule has 0 radical (unpaired) electrons. The van der Waals surface area contributed by atoms with E-state index in [1.807, 2.05) is 0 Å². The number of pyridine rings is 1. The predicted molar refractivity (Wildman–Crippen MR) is 89.4 cm³/mol. The molecule has 0 unspecified atom stereocenters. The molecule has 0 N–H and O–H groups in total. The van der Waals surface area contributed by atoms with Gasteiger partial charge in [0.15, 0.2) is 6.20 Å². The van der Waals surface area contributed by atoms with E-state index < -0.39 is 0 Å². The number of nitrogens with zero attached hydrogens (tertiary/aromatic N) is 1. The lowest BCUT2D eigenvalue weighted by molar-refractivity contribution is -0.659. The van der Waals surface area contributed by atoms with Crippen molar-refractivity contribution in [1.29, 1.82) is 0 Å². The van der Waals surface area contributed by atoms with Gasteiger partial charge in [0.2, 0.25) is 5.69 Å². The number of rotatable bonds is 2. The minimum absolute atomic E-state index is 0.533. The van der Waals surface area contributed by atoms with E-state index in [2.05, 4.69) is 87.1 Å². The standard InChI is InChI=1S/C20H22N/c1-14(2)17-11-7-9-16-13-21(4)20(12-19(16)17)18-10-6-5-8-15(18)3/h5-14H,1-4H3/q+1. The topological polar surface area (TPSA) is 3.88 Å². The van der Waals surface area contributed by atoms with Crippen LogP contribution in [0.2, 0.25) is 0 Å². The highest BCUT2D eigenvalue weighted by Gasteiger charge is 2.15. The van der Waals surface area contributed by atoms with Crippen LogP contribution >= 0.6 is 0 Å². The van der Waals surface area contributed by atoms with Crippen molar-refractivity contribution in [3.8, 4) is 11.3 Å². The second-order valence-electron chi connectivity index (χ2n) is 6.09. The third-order valence-corrected chi connectivity index (χ3v) is 4.21. The molecule has 1 heteroatoms. The van der Waals surface area contributed by atoms with Crippen molar-refractivity contribution in [1.82, 2.24) is 0 Å². The molecular formula is C20H22N+. The normalized spacial score (nSPS) is 11.3. The number of hydrogen-bond donors (Lipinski definition) is 0. The average Bonchev–Trinajstić information content (AvgIpc) is 2.46. The average molecular weight is 276 g/mol. The zero-order chi connectivity index (χ0) is 15.0. The molecule has 0 fully saturated rings. The summed E-state index contributed by atoms with van der Waals surface area (Å²) in [6.07, 6.45) is 2.24. The first-order valence-corrected chi connectivity index (χ1v) is 7.56. The van der Waals surface area contributed by atoms with Gasteiger partial charge in [0.05, 0.1) is 0 Å². The molecule has 0 bridgehead atoms. The Labute approximate surface area is 126 Å². The second-order valence-corrected chi connectivity index (χ2v) is 6.09. The Kier molecular flexibility index (Phi) is 3.50. The summed E-state index contributed by atoms with van der Waals surface area (Å²) >= 11 is 0. The fraction of sp³-hybridized carbons (Fsp3) is 0.250. The van der Waals surface area contributed by atoms with Crippen molar-refractivity contribution in [2.45, 2.75) is 26.7 Å². The molecule has 0 aliphatic heterocycles. The molecule has 2 aromatic carbocycles. The number of hydrogen-bond acceptors (Lipinski definition) is 0. The van der Waals surface area contributed by atoms with Gasteiger partial charge in [-0.05, 0) is 41.5 Å². The Bertz CT molecular complexity index is 800. The zero-order valence-corrected chi connectivity index (χ0v) is 13.2. The fourth-order valence-corrected chi connectivity index (χ4v) is 3.03. The van der Waals surface area contributed by atoms with Crippen LogP contribution in [0.3, 0.4) is 0 Å². The van der Waals surface area contributed by atoms with Gasteiger partial charge in [0, 0.05) is 17.0 Å². The van der Waals surface area contributed by atoms with Crippen molar-refractivity contribution in [3.63, 3.8) is 0 Å². The van der Waals surface area contributed by atoms with Crippen LogP contribution in [0.5, 0.6) is 0 Å². The van der Waals surface area contributed by atoms with E-state index >= 15 is 0 Å². The maximum absolute atomic E-state index is 2.34. The Morgan fingerprint density at radius 3 is 2.43 bits per heavy atom. The van der Waals surface area contributed by atoms with Crippen LogP contribution in [0.25, 0.3) is 22.0 Å². The van der Waals surface area contributed by atoms with Crippen LogP contribution in [0.1, 0.15) is 30.9 Å². The molecule has 0 saturated heterocycles. The molecule has 1 aromatic heterocycles. The third kappa shape index (κ3) is 2.44. The number of benzene rings is 2. The third-order valence-electron chi connectivity index (χ3n) is 4.21. The van der Waals surface area contributed by atoms with Crippen molar-refractivity contribution in [3.05, 3.63) is 65.9 Å². The molecule has 0 atom stereocenters. The molecule has 3 aromatic rings. The Morgan fingerprint density at radius 1 is 0.952 bits per heavy atom. The lowest BCUT2D eigenvalue weighted by Crippen LogP contribution is -2.30. The monoisotopic (exact) mass is 276 g/mol. The number of aromatic nitrogens is 1. The van der Waals surface area contributed by atoms with Crippen LogP contribution in [-0.2, 0) is 7.05 Å². The first-order chi connectivity index (χ1) is 10.1. The molecule has 3 rings (SSSR count). The van der Waals surface area contributed by atoms with Crippen molar-refractivity contribution >= 4 is 10.8 Å². The molecule has 1 nitrogen and oxygen atoms in total. The highest BCUT2D eigenvalue weighted by Crippen LogP contribution is 2.28. The van der Waals surface area contributed by atoms with Gasteiger partial charge in [-0.1, -0.05) is 44.2 Å². The Morgan fingerprint density at radius 2 is 1.71 bits per heavy atom. The van der Waals surface area contributed by atoms with Gasteiger partial charge in [-0.25, -0.2) is 4.57 Å². The molecule has 0 amide bonds. The second kappa shape index (κ2) is 5.33. The summed E-state index contributed by atoms with van der Waals surface area (Å²) in [6, 6.07) is 17.5. The van der Waals surface area contributed by atoms with Gasteiger partial charge < -0.3 is 0 Å². The van der Waals surface area contributed by atoms with Crippen molar-refractivity contribution in [2.24, 2.45) is 7.05 Å². The van der Waals surface area contributed by atoms with E-state index in [1.54, 1.807) is 0 Å². The summed E-state index contributed by atoms with van der Waals surface area (Å²) in [5.74, 6) is 0.533. The maximum atomic E-state index is 2.34. The lowest BCUT2D eigenvalue weighted by Gasteiger charge is -2.11. The van der Waals surface area contributed by atoms with Gasteiger partial charge in [-0.15, -0.1) is 0 Å². The van der Waals surface area contributed by atoms with Gasteiger partial charge in [-0.3, -0.25) is 0 Å². The van der Waals surface area contributed by atoms with E-state index in [1.165, 1.54) is 33.2 Å². The van der Waals surface area contributed by atoms with Gasteiger partial charge in [0.1, 0.15) is 7.05 Å². The number of fused-ring (bicyclic) bond motifs is 1. The minimum Gasteiger partial charge on any atom is -0.200 e. The van der Waals surface area contributed by atoms with Gasteiger partial charge in [0.25, 0.3) is 0 Å². The van der Waals surface area contributed by atoms with Crippen LogP contribution < -0.4 is 4.57 Å². The van der Waals surface area contributed by atoms with E-state index in [4.69, 9.17) is 0 Å². The van der Waals surface area contributed by atoms with Gasteiger partial charge >= 0.3 is 0 Å². The first-order valence-electron chi connectivity index (χ1n) is 7.56. The number of aryl methyl sites for hydroxylation is 2. The summed E-state index contributed by atoms with van der Waals surface area (Å²) in [4.78, 5) is 0. The first kappa shape index (κ1) is 13.8. The highest BCUT2D eigenvalue weighted by molar-refractivity contribution is 5.87. The summed E-state index contributed by atoms with van der Waals surface area (Å²) in [5, 5.41) is 2.67. The maximum Gasteiger partial charge on any atom is 0.213 e. The quantitative estimate of drug-likeness (QED) is 0.594. The van der Waals surface area contributed by atoms with Crippen molar-refractivity contribution < 1.29 is 4.57 Å². The predicted octanol–water partition coefficient (Wildman–Crippen LogP) is 4.76. The SMILES string of the molecule is Cc1ccccc1-c1cc2c(C(C)C)cccc2c[n+]1C. The van der Waals surface area contributed by atoms with Gasteiger partial charge in [-0.2, -0.15) is 0 Å². The summed E-state index contributed by atoms with van der Waals surface area (Å²) in [6.45, 7) is 6.69. The largest absolute Gasteiger partial charge is 0.213 e. The summed E-state index contributed by atoms with van der Waals surface area (Å²) < 4.78 is 2.23. The smallest absolute Gasteiger partial charge is 0.200 e. The lowest BCUT2D eigenvalue weighted by atomic mass is 9.95. The van der Waals surface area contributed by atoms with Crippen LogP contribution in [0, 0.1) is 6.92 Å². The molecule has 0 aliphatic rings. The van der Waals surface area contributed by atoms with Crippen LogP contribution in [0.15, 0.2) is 54.7 Å². The summed E-state index contributed by atoms with van der Waals surface area (Å²) in [5.41, 5.74) is 5.31. The molecular weight excluding hydrogens is 254 g/mol. The van der Waals surface area contributed by atoms with E-state index in [9.17, 15) is 0 Å². The minimum atomic E-state index is 0.533. The molecule has 21 heavy (non-hydrogen) atoms. The molecule has 0 spiro atoms. The Hall–Kier alpha value is -2.15. The summed E-state index contributed by atoms with van der Waals surface area (Å²) in [7, 11) is 2.13. The zero-order valence-electron chi connectivity index (χ0n) is 13.2. The van der Waals surface area contributed by atoms with E-state index in [0.29, 0.717) is 5.92 Å². The van der Waals surface area contributed by atoms with Crippen LogP contribution in [0.4, 0.5) is 0 Å². The molecule has 106 valence electrons. The van der Waals surface area contributed by atoms with E-state index in [0.717, 1.165) is 0 Å². The Balaban J connectivity index is 2.32. The van der Waals surface area contributed by atoms with Crippen LogP contribution in [-0.4, -0.2) is 0 Å². The molecule has 0 aliphatic carbocycles. The molecule has 1 heterocycles. The highest BCUT2D eigenvalue weighted by atomic mass is 14.9. The van der Waals surface area contributed by atoms with Crippen molar-refractivity contribution in [2.75, 3.05) is 0 Å².